The highest BCUT2D eigenvalue weighted by atomic mass is 16.1. The molecule has 3 nitrogen and oxygen atoms in total. The molecule has 0 aliphatic heterocycles. The van der Waals surface area contributed by atoms with Crippen molar-refractivity contribution in [3.8, 4) is 0 Å². The lowest BCUT2D eigenvalue weighted by molar-refractivity contribution is -0.125. The van der Waals surface area contributed by atoms with E-state index < -0.39 is 0 Å². The Morgan fingerprint density at radius 1 is 1.22 bits per heavy atom. The molecule has 1 aromatic carbocycles. The summed E-state index contributed by atoms with van der Waals surface area (Å²) in [5.74, 6) is 0.0990. The lowest BCUT2D eigenvalue weighted by Gasteiger charge is -2.18. The normalized spacial score (nSPS) is 14.0. The largest absolute Gasteiger partial charge is 0.349 e. The molecule has 2 N–H and O–H groups in total. The molecule has 0 radical (unpaired) electrons. The quantitative estimate of drug-likeness (QED) is 0.811. The summed E-state index contributed by atoms with van der Waals surface area (Å²) < 4.78 is 0. The van der Waals surface area contributed by atoms with Crippen LogP contribution < -0.4 is 10.6 Å². The molecule has 0 spiro atoms. The minimum Gasteiger partial charge on any atom is -0.349 e. The molecule has 2 atom stereocenters. The summed E-state index contributed by atoms with van der Waals surface area (Å²) in [7, 11) is 0. The van der Waals surface area contributed by atoms with Crippen molar-refractivity contribution in [2.45, 2.75) is 33.7 Å². The second-order valence-corrected chi connectivity index (χ2v) is 4.85. The van der Waals surface area contributed by atoms with Gasteiger partial charge >= 0.3 is 0 Å². The molecule has 18 heavy (non-hydrogen) atoms. The molecular formula is C15H24N2O. The first-order valence-corrected chi connectivity index (χ1v) is 6.62. The van der Waals surface area contributed by atoms with E-state index >= 15 is 0 Å². The zero-order valence-corrected chi connectivity index (χ0v) is 11.8. The van der Waals surface area contributed by atoms with Crippen molar-refractivity contribution < 1.29 is 4.79 Å². The standard InChI is InChI=1S/C15H24N2O/c1-5-16-10-12(3)15(18)17-13(4)14-8-6-11(2)7-9-14/h6-9,12-13,16H,5,10H2,1-4H3,(H,17,18)/t12?,13-/m1/s1. The van der Waals surface area contributed by atoms with E-state index in [9.17, 15) is 4.79 Å². The van der Waals surface area contributed by atoms with Crippen molar-refractivity contribution in [2.75, 3.05) is 13.1 Å². The molecule has 0 fully saturated rings. The van der Waals surface area contributed by atoms with E-state index in [-0.39, 0.29) is 17.9 Å². The first-order valence-electron chi connectivity index (χ1n) is 6.62. The molecule has 0 aromatic heterocycles. The number of aryl methyl sites for hydroxylation is 1. The maximum absolute atomic E-state index is 11.9. The van der Waals surface area contributed by atoms with E-state index in [1.165, 1.54) is 5.56 Å². The Morgan fingerprint density at radius 3 is 2.39 bits per heavy atom. The Balaban J connectivity index is 2.51. The topological polar surface area (TPSA) is 41.1 Å². The Bertz CT molecular complexity index is 373. The van der Waals surface area contributed by atoms with E-state index in [0.29, 0.717) is 0 Å². The molecule has 1 amide bonds. The summed E-state index contributed by atoms with van der Waals surface area (Å²) in [6.45, 7) is 9.68. The first-order chi connectivity index (χ1) is 8.54. The zero-order valence-electron chi connectivity index (χ0n) is 11.8. The monoisotopic (exact) mass is 248 g/mol. The highest BCUT2D eigenvalue weighted by molar-refractivity contribution is 5.78. The van der Waals surface area contributed by atoms with Gasteiger partial charge in [-0.05, 0) is 26.0 Å². The van der Waals surface area contributed by atoms with Gasteiger partial charge in [0, 0.05) is 12.5 Å². The van der Waals surface area contributed by atoms with Crippen LogP contribution in [0.3, 0.4) is 0 Å². The van der Waals surface area contributed by atoms with Crippen molar-refractivity contribution in [1.29, 1.82) is 0 Å². The Labute approximate surface area is 110 Å². The second-order valence-electron chi connectivity index (χ2n) is 4.85. The molecular weight excluding hydrogens is 224 g/mol. The molecule has 0 aliphatic carbocycles. The summed E-state index contributed by atoms with van der Waals surface area (Å²) in [5, 5.41) is 6.23. The van der Waals surface area contributed by atoms with Gasteiger partial charge in [0.15, 0.2) is 0 Å². The van der Waals surface area contributed by atoms with Crippen LogP contribution in [0.4, 0.5) is 0 Å². The maximum atomic E-state index is 11.9. The number of hydrogen-bond donors (Lipinski definition) is 2. The van der Waals surface area contributed by atoms with Gasteiger partial charge in [-0.2, -0.15) is 0 Å². The molecule has 0 saturated heterocycles. The summed E-state index contributed by atoms with van der Waals surface area (Å²) in [4.78, 5) is 11.9. The second kappa shape index (κ2) is 7.17. The summed E-state index contributed by atoms with van der Waals surface area (Å²) in [6.07, 6.45) is 0. The number of carbonyl (C=O) groups excluding carboxylic acids is 1. The van der Waals surface area contributed by atoms with Gasteiger partial charge in [-0.1, -0.05) is 43.7 Å². The fourth-order valence-corrected chi connectivity index (χ4v) is 1.75. The Kier molecular flexibility index (Phi) is 5.86. The average molecular weight is 248 g/mol. The smallest absolute Gasteiger partial charge is 0.224 e. The highest BCUT2D eigenvalue weighted by Gasteiger charge is 2.15. The van der Waals surface area contributed by atoms with Gasteiger partial charge in [0.1, 0.15) is 0 Å². The predicted octanol–water partition coefficient (Wildman–Crippen LogP) is 2.42. The predicted molar refractivity (Wildman–Crippen MR) is 75.4 cm³/mol. The first kappa shape index (κ1) is 14.7. The van der Waals surface area contributed by atoms with Crippen LogP contribution in [0, 0.1) is 12.8 Å². The lowest BCUT2D eigenvalue weighted by atomic mass is 10.1. The third kappa shape index (κ3) is 4.49. The van der Waals surface area contributed by atoms with Gasteiger partial charge in [0.25, 0.3) is 0 Å². The number of nitrogens with one attached hydrogen (secondary N) is 2. The highest BCUT2D eigenvalue weighted by Crippen LogP contribution is 2.13. The van der Waals surface area contributed by atoms with Crippen molar-refractivity contribution in [1.82, 2.24) is 10.6 Å². The fourth-order valence-electron chi connectivity index (χ4n) is 1.75. The number of rotatable bonds is 6. The minimum absolute atomic E-state index is 0.00199. The molecule has 1 unspecified atom stereocenters. The van der Waals surface area contributed by atoms with E-state index in [1.807, 2.05) is 20.8 Å². The van der Waals surface area contributed by atoms with Gasteiger partial charge in [-0.25, -0.2) is 0 Å². The van der Waals surface area contributed by atoms with Gasteiger partial charge in [-0.15, -0.1) is 0 Å². The third-order valence-corrected chi connectivity index (χ3v) is 3.08. The van der Waals surface area contributed by atoms with Crippen LogP contribution in [-0.4, -0.2) is 19.0 Å². The van der Waals surface area contributed by atoms with E-state index in [4.69, 9.17) is 0 Å². The number of benzene rings is 1. The summed E-state index contributed by atoms with van der Waals surface area (Å²) in [5.41, 5.74) is 2.38. The number of amides is 1. The molecule has 100 valence electrons. The summed E-state index contributed by atoms with van der Waals surface area (Å²) >= 11 is 0. The van der Waals surface area contributed by atoms with Crippen molar-refractivity contribution in [3.63, 3.8) is 0 Å². The van der Waals surface area contributed by atoms with Crippen molar-refractivity contribution >= 4 is 5.91 Å². The zero-order chi connectivity index (χ0) is 13.5. The van der Waals surface area contributed by atoms with E-state index in [1.54, 1.807) is 0 Å². The number of hydrogen-bond acceptors (Lipinski definition) is 2. The SMILES string of the molecule is CCNCC(C)C(=O)N[C@H](C)c1ccc(C)cc1. The molecule has 0 heterocycles. The Hall–Kier alpha value is -1.35. The van der Waals surface area contributed by atoms with Crippen molar-refractivity contribution in [3.05, 3.63) is 35.4 Å². The number of carbonyl (C=O) groups is 1. The fraction of sp³-hybridized carbons (Fsp3) is 0.533. The van der Waals surface area contributed by atoms with E-state index in [0.717, 1.165) is 18.7 Å². The van der Waals surface area contributed by atoms with E-state index in [2.05, 4.69) is 41.8 Å². The lowest BCUT2D eigenvalue weighted by Crippen LogP contribution is -2.36. The van der Waals surface area contributed by atoms with Gasteiger partial charge < -0.3 is 10.6 Å². The van der Waals surface area contributed by atoms with Crippen LogP contribution in [0.2, 0.25) is 0 Å². The van der Waals surface area contributed by atoms with Gasteiger partial charge in [0.05, 0.1) is 6.04 Å². The third-order valence-electron chi connectivity index (χ3n) is 3.08. The van der Waals surface area contributed by atoms with Crippen LogP contribution >= 0.6 is 0 Å². The summed E-state index contributed by atoms with van der Waals surface area (Å²) in [6, 6.07) is 8.33. The minimum atomic E-state index is -0.00199. The molecule has 0 bridgehead atoms. The molecule has 0 saturated carbocycles. The van der Waals surface area contributed by atoms with Gasteiger partial charge in [0.2, 0.25) is 5.91 Å². The van der Waals surface area contributed by atoms with Crippen LogP contribution in [0.25, 0.3) is 0 Å². The van der Waals surface area contributed by atoms with Crippen LogP contribution in [-0.2, 0) is 4.79 Å². The van der Waals surface area contributed by atoms with Crippen molar-refractivity contribution in [2.24, 2.45) is 5.92 Å². The Morgan fingerprint density at radius 2 is 1.83 bits per heavy atom. The van der Waals surface area contributed by atoms with Gasteiger partial charge in [-0.3, -0.25) is 4.79 Å². The average Bonchev–Trinajstić information content (AvgIpc) is 2.36. The maximum Gasteiger partial charge on any atom is 0.224 e. The molecule has 1 aromatic rings. The van der Waals surface area contributed by atoms with Crippen LogP contribution in [0.5, 0.6) is 0 Å². The van der Waals surface area contributed by atoms with Crippen LogP contribution in [0.1, 0.15) is 37.9 Å². The molecule has 3 heteroatoms. The van der Waals surface area contributed by atoms with Crippen LogP contribution in [0.15, 0.2) is 24.3 Å². The molecule has 0 aliphatic rings. The molecule has 1 rings (SSSR count).